The predicted molar refractivity (Wildman–Crippen MR) is 72.2 cm³/mol. The molecular formula is C12H18ClN3O. The van der Waals surface area contributed by atoms with Gasteiger partial charge in [-0.25, -0.2) is 0 Å². The van der Waals surface area contributed by atoms with E-state index in [9.17, 15) is 0 Å². The third kappa shape index (κ3) is 3.11. The quantitative estimate of drug-likeness (QED) is 0.626. The number of ether oxygens (including phenoxy) is 1. The second-order valence-corrected chi connectivity index (χ2v) is 4.37. The fourth-order valence-corrected chi connectivity index (χ4v) is 1.94. The maximum Gasteiger partial charge on any atom is 0.126 e. The second kappa shape index (κ2) is 5.89. The summed E-state index contributed by atoms with van der Waals surface area (Å²) in [5.74, 6) is -0.0259. The van der Waals surface area contributed by atoms with Gasteiger partial charge in [0.15, 0.2) is 0 Å². The Labute approximate surface area is 107 Å². The number of benzene rings is 1. The van der Waals surface area contributed by atoms with E-state index in [1.54, 1.807) is 13.2 Å². The van der Waals surface area contributed by atoms with Crippen LogP contribution in [0.1, 0.15) is 12.5 Å². The number of rotatable bonds is 5. The van der Waals surface area contributed by atoms with Crippen LogP contribution in [0.2, 0.25) is 5.02 Å². The molecule has 0 spiro atoms. The molecular weight excluding hydrogens is 238 g/mol. The Balaban J connectivity index is 3.13. The standard InChI is InChI=1S/C12H18ClN3O/c1-8(7-17-3)16(2)10-6-4-5-9(13)11(10)12(14)15/h4-6,8H,7H2,1-3H3,(H3,14,15). The summed E-state index contributed by atoms with van der Waals surface area (Å²) in [5, 5.41) is 8.08. The number of likely N-dealkylation sites (N-methyl/N-ethyl adjacent to an activating group) is 1. The van der Waals surface area contributed by atoms with Crippen molar-refractivity contribution in [3.05, 3.63) is 28.8 Å². The summed E-state index contributed by atoms with van der Waals surface area (Å²) >= 11 is 6.07. The highest BCUT2D eigenvalue weighted by Crippen LogP contribution is 2.27. The number of hydrogen-bond acceptors (Lipinski definition) is 3. The molecule has 17 heavy (non-hydrogen) atoms. The van der Waals surface area contributed by atoms with Crippen LogP contribution in [0.5, 0.6) is 0 Å². The van der Waals surface area contributed by atoms with E-state index in [4.69, 9.17) is 27.5 Å². The van der Waals surface area contributed by atoms with Gasteiger partial charge in [0.25, 0.3) is 0 Å². The Hall–Kier alpha value is -1.26. The van der Waals surface area contributed by atoms with E-state index in [1.165, 1.54) is 0 Å². The summed E-state index contributed by atoms with van der Waals surface area (Å²) in [4.78, 5) is 2.01. The molecule has 0 saturated heterocycles. The van der Waals surface area contributed by atoms with E-state index in [0.29, 0.717) is 17.2 Å². The summed E-state index contributed by atoms with van der Waals surface area (Å²) in [6, 6.07) is 5.66. The van der Waals surface area contributed by atoms with Gasteiger partial charge in [0.1, 0.15) is 5.84 Å². The first-order valence-electron chi connectivity index (χ1n) is 5.33. The number of nitrogen functional groups attached to an aromatic ring is 1. The molecule has 0 amide bonds. The van der Waals surface area contributed by atoms with Crippen molar-refractivity contribution >= 4 is 23.1 Å². The first-order valence-corrected chi connectivity index (χ1v) is 5.71. The number of nitrogens with one attached hydrogen (secondary N) is 1. The molecule has 5 heteroatoms. The SMILES string of the molecule is COCC(C)N(C)c1cccc(Cl)c1C(=N)N. The van der Waals surface area contributed by atoms with E-state index in [0.717, 1.165) is 5.69 Å². The van der Waals surface area contributed by atoms with Crippen molar-refractivity contribution in [1.82, 2.24) is 0 Å². The van der Waals surface area contributed by atoms with Gasteiger partial charge in [-0.15, -0.1) is 0 Å². The predicted octanol–water partition coefficient (Wildman–Crippen LogP) is 2.10. The zero-order chi connectivity index (χ0) is 13.0. The van der Waals surface area contributed by atoms with Gasteiger partial charge in [-0.05, 0) is 19.1 Å². The molecule has 1 rings (SSSR count). The molecule has 0 aliphatic heterocycles. The molecule has 1 unspecified atom stereocenters. The first-order chi connectivity index (χ1) is 7.99. The molecule has 1 aromatic carbocycles. The number of methoxy groups -OCH3 is 1. The molecule has 0 heterocycles. The number of anilines is 1. The fourth-order valence-electron chi connectivity index (χ4n) is 1.66. The minimum Gasteiger partial charge on any atom is -0.384 e. The maximum absolute atomic E-state index is 7.59. The van der Waals surface area contributed by atoms with Crippen LogP contribution in [-0.2, 0) is 4.74 Å². The average Bonchev–Trinajstić information content (AvgIpc) is 2.27. The molecule has 0 radical (unpaired) electrons. The lowest BCUT2D eigenvalue weighted by Crippen LogP contribution is -2.34. The van der Waals surface area contributed by atoms with Gasteiger partial charge in [-0.2, -0.15) is 0 Å². The van der Waals surface area contributed by atoms with E-state index < -0.39 is 0 Å². The van der Waals surface area contributed by atoms with Gasteiger partial charge in [0, 0.05) is 25.9 Å². The zero-order valence-corrected chi connectivity index (χ0v) is 11.1. The Morgan fingerprint density at radius 1 is 1.59 bits per heavy atom. The lowest BCUT2D eigenvalue weighted by Gasteiger charge is -2.28. The minimum absolute atomic E-state index is 0.0259. The molecule has 0 aliphatic rings. The van der Waals surface area contributed by atoms with Gasteiger partial charge >= 0.3 is 0 Å². The van der Waals surface area contributed by atoms with Crippen LogP contribution in [0.4, 0.5) is 5.69 Å². The van der Waals surface area contributed by atoms with E-state index in [-0.39, 0.29) is 11.9 Å². The second-order valence-electron chi connectivity index (χ2n) is 3.96. The normalized spacial score (nSPS) is 12.2. The van der Waals surface area contributed by atoms with E-state index in [2.05, 4.69) is 0 Å². The molecule has 94 valence electrons. The van der Waals surface area contributed by atoms with Crippen molar-refractivity contribution in [1.29, 1.82) is 5.41 Å². The summed E-state index contributed by atoms with van der Waals surface area (Å²) in [7, 11) is 3.59. The highest BCUT2D eigenvalue weighted by atomic mass is 35.5. The molecule has 1 aromatic rings. The van der Waals surface area contributed by atoms with Crippen molar-refractivity contribution in [3.63, 3.8) is 0 Å². The van der Waals surface area contributed by atoms with Crippen molar-refractivity contribution < 1.29 is 4.74 Å². The summed E-state index contributed by atoms with van der Waals surface area (Å²) in [6.07, 6.45) is 0. The smallest absolute Gasteiger partial charge is 0.126 e. The molecule has 0 bridgehead atoms. The van der Waals surface area contributed by atoms with Crippen LogP contribution >= 0.6 is 11.6 Å². The molecule has 0 aliphatic carbocycles. The van der Waals surface area contributed by atoms with Gasteiger partial charge in [0.05, 0.1) is 17.2 Å². The van der Waals surface area contributed by atoms with Crippen LogP contribution in [0, 0.1) is 5.41 Å². The number of nitrogens with zero attached hydrogens (tertiary/aromatic N) is 1. The summed E-state index contributed by atoms with van der Waals surface area (Å²) < 4.78 is 5.12. The van der Waals surface area contributed by atoms with Crippen molar-refractivity contribution in [2.45, 2.75) is 13.0 Å². The summed E-state index contributed by atoms with van der Waals surface area (Å²) in [5.41, 5.74) is 6.98. The molecule has 4 nitrogen and oxygen atoms in total. The minimum atomic E-state index is -0.0259. The van der Waals surface area contributed by atoms with Crippen LogP contribution in [0.3, 0.4) is 0 Å². The Morgan fingerprint density at radius 2 is 2.24 bits per heavy atom. The van der Waals surface area contributed by atoms with Gasteiger partial charge < -0.3 is 15.4 Å². The first kappa shape index (κ1) is 13.8. The third-order valence-corrected chi connectivity index (χ3v) is 3.02. The monoisotopic (exact) mass is 255 g/mol. The van der Waals surface area contributed by atoms with E-state index in [1.807, 2.05) is 31.0 Å². The van der Waals surface area contributed by atoms with Gasteiger partial charge in [-0.3, -0.25) is 5.41 Å². The van der Waals surface area contributed by atoms with Crippen molar-refractivity contribution in [2.75, 3.05) is 25.7 Å². The third-order valence-electron chi connectivity index (χ3n) is 2.71. The molecule has 0 saturated carbocycles. The highest BCUT2D eigenvalue weighted by Gasteiger charge is 2.17. The number of amidine groups is 1. The zero-order valence-electron chi connectivity index (χ0n) is 10.3. The molecule has 3 N–H and O–H groups in total. The largest absolute Gasteiger partial charge is 0.384 e. The van der Waals surface area contributed by atoms with Crippen LogP contribution < -0.4 is 10.6 Å². The summed E-state index contributed by atoms with van der Waals surface area (Å²) in [6.45, 7) is 2.63. The fraction of sp³-hybridized carbons (Fsp3) is 0.417. The van der Waals surface area contributed by atoms with Gasteiger partial charge in [-0.1, -0.05) is 17.7 Å². The van der Waals surface area contributed by atoms with Crippen molar-refractivity contribution in [3.8, 4) is 0 Å². The number of hydrogen-bond donors (Lipinski definition) is 2. The Morgan fingerprint density at radius 3 is 2.76 bits per heavy atom. The Kier molecular flexibility index (Phi) is 4.78. The topological polar surface area (TPSA) is 62.3 Å². The molecule has 0 aromatic heterocycles. The number of halogens is 1. The van der Waals surface area contributed by atoms with Crippen LogP contribution in [0.25, 0.3) is 0 Å². The van der Waals surface area contributed by atoms with Gasteiger partial charge in [0.2, 0.25) is 0 Å². The van der Waals surface area contributed by atoms with E-state index >= 15 is 0 Å². The lowest BCUT2D eigenvalue weighted by molar-refractivity contribution is 0.183. The lowest BCUT2D eigenvalue weighted by atomic mass is 10.1. The average molecular weight is 256 g/mol. The molecule has 1 atom stereocenters. The highest BCUT2D eigenvalue weighted by molar-refractivity contribution is 6.34. The Bertz CT molecular complexity index is 409. The van der Waals surface area contributed by atoms with Crippen LogP contribution in [0.15, 0.2) is 18.2 Å². The molecule has 0 fully saturated rings. The number of nitrogens with two attached hydrogens (primary N) is 1. The van der Waals surface area contributed by atoms with Crippen molar-refractivity contribution in [2.24, 2.45) is 5.73 Å². The van der Waals surface area contributed by atoms with Crippen LogP contribution in [-0.4, -0.2) is 32.6 Å². The maximum atomic E-state index is 7.59.